The zero-order valence-corrected chi connectivity index (χ0v) is 17.2. The van der Waals surface area contributed by atoms with E-state index in [-0.39, 0.29) is 11.8 Å². The molecule has 1 fully saturated rings. The Labute approximate surface area is 175 Å². The molecule has 30 heavy (non-hydrogen) atoms. The molecule has 0 spiro atoms. The number of aryl methyl sites for hydroxylation is 2. The van der Waals surface area contributed by atoms with Gasteiger partial charge in [0, 0.05) is 42.2 Å². The second-order valence-electron chi connectivity index (χ2n) is 7.53. The number of hydrogen-bond donors (Lipinski definition) is 2. The molecule has 1 saturated heterocycles. The van der Waals surface area contributed by atoms with Crippen molar-refractivity contribution in [2.24, 2.45) is 0 Å². The molecule has 0 radical (unpaired) electrons. The highest BCUT2D eigenvalue weighted by atomic mass is 16.2. The number of nitrogens with one attached hydrogen (secondary N) is 2. The summed E-state index contributed by atoms with van der Waals surface area (Å²) in [7, 11) is 0. The van der Waals surface area contributed by atoms with Gasteiger partial charge in [-0.2, -0.15) is 0 Å². The molecule has 0 bridgehead atoms. The van der Waals surface area contributed by atoms with Gasteiger partial charge in [-0.3, -0.25) is 9.78 Å². The fourth-order valence-corrected chi connectivity index (χ4v) is 3.67. The average Bonchev–Trinajstić information content (AvgIpc) is 3.26. The van der Waals surface area contributed by atoms with Gasteiger partial charge in [-0.15, -0.1) is 0 Å². The van der Waals surface area contributed by atoms with E-state index in [4.69, 9.17) is 0 Å². The Morgan fingerprint density at radius 1 is 1.23 bits per heavy atom. The first kappa shape index (κ1) is 19.8. The van der Waals surface area contributed by atoms with Crippen LogP contribution in [0.3, 0.4) is 0 Å². The van der Waals surface area contributed by atoms with E-state index >= 15 is 0 Å². The Bertz CT molecular complexity index is 1010. The van der Waals surface area contributed by atoms with E-state index in [1.54, 1.807) is 30.9 Å². The molecule has 154 valence electrons. The lowest BCUT2D eigenvalue weighted by molar-refractivity contribution is -0.127. The Kier molecular flexibility index (Phi) is 5.83. The molecule has 3 aromatic heterocycles. The monoisotopic (exact) mass is 403 g/mol. The van der Waals surface area contributed by atoms with Crippen molar-refractivity contribution in [1.29, 1.82) is 0 Å². The van der Waals surface area contributed by atoms with Gasteiger partial charge in [0.15, 0.2) is 0 Å². The summed E-state index contributed by atoms with van der Waals surface area (Å²) < 4.78 is 0. The van der Waals surface area contributed by atoms with Gasteiger partial charge in [-0.25, -0.2) is 15.0 Å². The fourth-order valence-electron chi connectivity index (χ4n) is 3.67. The van der Waals surface area contributed by atoms with Crippen LogP contribution in [0.25, 0.3) is 6.08 Å². The van der Waals surface area contributed by atoms with Gasteiger partial charge in [0.05, 0.1) is 30.1 Å². The van der Waals surface area contributed by atoms with Crippen LogP contribution < -0.4 is 5.32 Å². The van der Waals surface area contributed by atoms with Crippen LogP contribution in [0.4, 0.5) is 11.6 Å². The molecule has 0 saturated carbocycles. The molecule has 4 heterocycles. The zero-order valence-electron chi connectivity index (χ0n) is 17.2. The standard InChI is InChI=1S/C22H25N7O/c1-15-10-16(2)27-22(26-15)28-19-5-7-20(24-12-19)17-4-3-9-29(13-17)21(30)8-6-18-11-23-14-25-18/h5-8,10-12,14,17H,3-4,9,13H2,1-2H3,(H,23,25)(H,26,27,28)/b8-6+. The van der Waals surface area contributed by atoms with Crippen LogP contribution in [0.2, 0.25) is 0 Å². The summed E-state index contributed by atoms with van der Waals surface area (Å²) in [5.74, 6) is 0.815. The predicted molar refractivity (Wildman–Crippen MR) is 115 cm³/mol. The van der Waals surface area contributed by atoms with E-state index < -0.39 is 0 Å². The number of pyridine rings is 1. The van der Waals surface area contributed by atoms with Gasteiger partial charge in [-0.1, -0.05) is 0 Å². The Hall–Kier alpha value is -3.55. The van der Waals surface area contributed by atoms with Crippen LogP contribution in [-0.2, 0) is 4.79 Å². The summed E-state index contributed by atoms with van der Waals surface area (Å²) in [4.78, 5) is 34.8. The third-order valence-electron chi connectivity index (χ3n) is 5.10. The Morgan fingerprint density at radius 2 is 2.07 bits per heavy atom. The van der Waals surface area contributed by atoms with Crippen molar-refractivity contribution in [2.75, 3.05) is 18.4 Å². The lowest BCUT2D eigenvalue weighted by Crippen LogP contribution is -2.38. The number of carbonyl (C=O) groups excluding carboxylic acids is 1. The normalized spacial score (nSPS) is 16.7. The average molecular weight is 403 g/mol. The first-order valence-corrected chi connectivity index (χ1v) is 10.1. The molecular formula is C22H25N7O. The molecule has 1 aliphatic rings. The lowest BCUT2D eigenvalue weighted by Gasteiger charge is -2.31. The molecule has 1 unspecified atom stereocenters. The molecule has 1 aliphatic heterocycles. The van der Waals surface area contributed by atoms with Crippen molar-refractivity contribution in [2.45, 2.75) is 32.6 Å². The van der Waals surface area contributed by atoms with E-state index in [2.05, 4.69) is 30.2 Å². The largest absolute Gasteiger partial charge is 0.345 e. The summed E-state index contributed by atoms with van der Waals surface area (Å²) >= 11 is 0. The highest BCUT2D eigenvalue weighted by molar-refractivity contribution is 5.91. The number of anilines is 2. The minimum atomic E-state index is 0.0135. The molecule has 8 heteroatoms. The number of piperidine rings is 1. The van der Waals surface area contributed by atoms with E-state index in [1.807, 2.05) is 36.9 Å². The van der Waals surface area contributed by atoms with Crippen molar-refractivity contribution in [3.63, 3.8) is 0 Å². The van der Waals surface area contributed by atoms with Crippen LogP contribution in [0.15, 0.2) is 43.0 Å². The van der Waals surface area contributed by atoms with Gasteiger partial charge in [0.25, 0.3) is 0 Å². The van der Waals surface area contributed by atoms with Gasteiger partial charge >= 0.3 is 0 Å². The zero-order chi connectivity index (χ0) is 20.9. The molecule has 0 aliphatic carbocycles. The van der Waals surface area contributed by atoms with Crippen molar-refractivity contribution in [3.05, 3.63) is 65.8 Å². The number of aromatic nitrogens is 5. The topological polar surface area (TPSA) is 99.7 Å². The second-order valence-corrected chi connectivity index (χ2v) is 7.53. The summed E-state index contributed by atoms with van der Waals surface area (Å²) in [5, 5.41) is 3.21. The van der Waals surface area contributed by atoms with E-state index in [0.29, 0.717) is 12.5 Å². The van der Waals surface area contributed by atoms with E-state index in [0.717, 1.165) is 47.8 Å². The van der Waals surface area contributed by atoms with Gasteiger partial charge in [-0.05, 0) is 51.0 Å². The molecule has 2 N–H and O–H groups in total. The van der Waals surface area contributed by atoms with Crippen LogP contribution in [-0.4, -0.2) is 48.8 Å². The molecule has 3 aromatic rings. The Morgan fingerprint density at radius 3 is 2.77 bits per heavy atom. The number of imidazole rings is 1. The first-order chi connectivity index (χ1) is 14.6. The summed E-state index contributed by atoms with van der Waals surface area (Å²) in [5.41, 5.74) is 4.49. The highest BCUT2D eigenvalue weighted by Crippen LogP contribution is 2.26. The number of hydrogen-bond acceptors (Lipinski definition) is 6. The van der Waals surface area contributed by atoms with Crippen molar-refractivity contribution < 1.29 is 4.79 Å². The summed E-state index contributed by atoms with van der Waals surface area (Å²) in [6, 6.07) is 5.94. The smallest absolute Gasteiger partial charge is 0.246 e. The third-order valence-corrected chi connectivity index (χ3v) is 5.10. The predicted octanol–water partition coefficient (Wildman–Crippen LogP) is 3.37. The molecule has 1 atom stereocenters. The summed E-state index contributed by atoms with van der Waals surface area (Å²) in [6.07, 6.45) is 10.4. The number of rotatable bonds is 5. The number of likely N-dealkylation sites (tertiary alicyclic amines) is 1. The van der Waals surface area contributed by atoms with Crippen molar-refractivity contribution in [3.8, 4) is 0 Å². The Balaban J connectivity index is 1.39. The molecule has 4 rings (SSSR count). The maximum Gasteiger partial charge on any atom is 0.246 e. The minimum Gasteiger partial charge on any atom is -0.345 e. The fraction of sp³-hybridized carbons (Fsp3) is 0.318. The van der Waals surface area contributed by atoms with Crippen molar-refractivity contribution >= 4 is 23.6 Å². The highest BCUT2D eigenvalue weighted by Gasteiger charge is 2.24. The quantitative estimate of drug-likeness (QED) is 0.634. The number of amides is 1. The minimum absolute atomic E-state index is 0.0135. The SMILES string of the molecule is Cc1cc(C)nc(Nc2ccc(C3CCCN(C(=O)/C=C/c4cnc[nH]4)C3)nc2)n1. The molecule has 0 aromatic carbocycles. The maximum absolute atomic E-state index is 12.5. The molecule has 8 nitrogen and oxygen atoms in total. The van der Waals surface area contributed by atoms with E-state index in [9.17, 15) is 4.79 Å². The van der Waals surface area contributed by atoms with Crippen LogP contribution >= 0.6 is 0 Å². The maximum atomic E-state index is 12.5. The number of nitrogens with zero attached hydrogens (tertiary/aromatic N) is 5. The number of aromatic amines is 1. The van der Waals surface area contributed by atoms with Crippen LogP contribution in [0.5, 0.6) is 0 Å². The first-order valence-electron chi connectivity index (χ1n) is 10.1. The number of carbonyl (C=O) groups is 1. The van der Waals surface area contributed by atoms with Gasteiger partial charge < -0.3 is 15.2 Å². The van der Waals surface area contributed by atoms with Crippen LogP contribution in [0, 0.1) is 13.8 Å². The van der Waals surface area contributed by atoms with Gasteiger partial charge in [0.1, 0.15) is 0 Å². The summed E-state index contributed by atoms with van der Waals surface area (Å²) in [6.45, 7) is 5.33. The van der Waals surface area contributed by atoms with Crippen molar-refractivity contribution in [1.82, 2.24) is 29.8 Å². The van der Waals surface area contributed by atoms with Crippen LogP contribution in [0.1, 0.15) is 41.5 Å². The van der Waals surface area contributed by atoms with E-state index in [1.165, 1.54) is 0 Å². The lowest BCUT2D eigenvalue weighted by atomic mass is 9.94. The third kappa shape index (κ3) is 4.89. The molecular weight excluding hydrogens is 378 g/mol. The molecule has 1 amide bonds. The number of H-pyrrole nitrogens is 1. The second kappa shape index (κ2) is 8.86. The van der Waals surface area contributed by atoms with Gasteiger partial charge in [0.2, 0.25) is 11.9 Å².